The van der Waals surface area contributed by atoms with Crippen LogP contribution >= 0.6 is 11.6 Å². The number of nitrogens with zero attached hydrogens (tertiary/aromatic N) is 5. The van der Waals surface area contributed by atoms with Gasteiger partial charge in [-0.3, -0.25) is 14.6 Å². The number of aliphatic imine (C=N–C) groups is 2. The fourth-order valence-electron chi connectivity index (χ4n) is 3.68. The van der Waals surface area contributed by atoms with Gasteiger partial charge in [-0.2, -0.15) is 13.2 Å². The van der Waals surface area contributed by atoms with Gasteiger partial charge >= 0.3 is 6.18 Å². The average molecular weight is 586 g/mol. The number of benzene rings is 2. The number of pyridine rings is 1. The molecule has 2 N–H and O–H groups in total. The van der Waals surface area contributed by atoms with Crippen LogP contribution in [-0.2, 0) is 11.0 Å². The van der Waals surface area contributed by atoms with Gasteiger partial charge in [-0.05, 0) is 43.1 Å². The van der Waals surface area contributed by atoms with Crippen LogP contribution in [0.1, 0.15) is 15.9 Å². The Morgan fingerprint density at radius 3 is 2.49 bits per heavy atom. The lowest BCUT2D eigenvalue weighted by molar-refractivity contribution is -0.137. The maximum absolute atomic E-state index is 13.1. The molecule has 0 aliphatic carbocycles. The molecule has 2 aromatic carbocycles. The standard InChI is InChI=1S/C28H27ClF3N7O2/c1-33-14-20(26(39(3)18-40)36-17-35-22-10-5-4-6-11-22)16-38(2)24-13-23(15-34-25(24)29)37-27(41)19-8-7-9-21(12-19)28(30,31)32/h4-15,18,35H,1,16-17H2,2-3H3,(H,37,41)/b20-14-,36-26?. The molecule has 0 spiro atoms. The number of hydrogen-bond donors (Lipinski definition) is 2. The Hall–Kier alpha value is -4.71. The van der Waals surface area contributed by atoms with E-state index in [-0.39, 0.29) is 29.6 Å². The van der Waals surface area contributed by atoms with Crippen molar-refractivity contribution in [2.75, 3.05) is 42.8 Å². The summed E-state index contributed by atoms with van der Waals surface area (Å²) < 4.78 is 39.2. The summed E-state index contributed by atoms with van der Waals surface area (Å²) in [5.41, 5.74) is 0.841. The molecule has 0 aliphatic heterocycles. The van der Waals surface area contributed by atoms with E-state index >= 15 is 0 Å². The highest BCUT2D eigenvalue weighted by atomic mass is 35.5. The summed E-state index contributed by atoms with van der Waals surface area (Å²) in [6.07, 6.45) is -1.23. The van der Waals surface area contributed by atoms with Gasteiger partial charge in [-0.15, -0.1) is 0 Å². The van der Waals surface area contributed by atoms with Crippen molar-refractivity contribution in [3.05, 3.63) is 94.9 Å². The smallest absolute Gasteiger partial charge is 0.368 e. The van der Waals surface area contributed by atoms with Gasteiger partial charge in [0, 0.05) is 43.7 Å². The Morgan fingerprint density at radius 1 is 1.10 bits per heavy atom. The van der Waals surface area contributed by atoms with E-state index in [1.807, 2.05) is 30.3 Å². The summed E-state index contributed by atoms with van der Waals surface area (Å²) in [5.74, 6) is -0.432. The number of anilines is 3. The highest BCUT2D eigenvalue weighted by Crippen LogP contribution is 2.30. The topological polar surface area (TPSA) is 102 Å². The van der Waals surface area contributed by atoms with Gasteiger partial charge in [0.05, 0.1) is 23.1 Å². The van der Waals surface area contributed by atoms with Crippen LogP contribution in [0.4, 0.5) is 30.2 Å². The number of alkyl halides is 3. The Kier molecular flexibility index (Phi) is 10.6. The predicted molar refractivity (Wildman–Crippen MR) is 156 cm³/mol. The molecule has 0 saturated carbocycles. The van der Waals surface area contributed by atoms with E-state index in [4.69, 9.17) is 11.6 Å². The number of amidine groups is 1. The summed E-state index contributed by atoms with van der Waals surface area (Å²) in [5, 5.41) is 5.79. The van der Waals surface area contributed by atoms with Crippen molar-refractivity contribution in [1.82, 2.24) is 9.88 Å². The van der Waals surface area contributed by atoms with Gasteiger partial charge < -0.3 is 20.4 Å². The normalized spacial score (nSPS) is 12.0. The van der Waals surface area contributed by atoms with Gasteiger partial charge in [0.1, 0.15) is 12.5 Å². The zero-order valence-corrected chi connectivity index (χ0v) is 22.9. The lowest BCUT2D eigenvalue weighted by Crippen LogP contribution is -2.33. The highest BCUT2D eigenvalue weighted by Gasteiger charge is 2.31. The van der Waals surface area contributed by atoms with Gasteiger partial charge in [0.2, 0.25) is 6.41 Å². The third kappa shape index (κ3) is 8.64. The first-order valence-corrected chi connectivity index (χ1v) is 12.4. The Labute approximate surface area is 240 Å². The lowest BCUT2D eigenvalue weighted by Gasteiger charge is -2.25. The summed E-state index contributed by atoms with van der Waals surface area (Å²) in [6.45, 7) is 3.82. The molecule has 3 aromatic rings. The van der Waals surface area contributed by atoms with E-state index in [0.29, 0.717) is 23.5 Å². The molecule has 0 bridgehead atoms. The minimum Gasteiger partial charge on any atom is -0.368 e. The number of para-hydroxylation sites is 1. The molecule has 1 heterocycles. The van der Waals surface area contributed by atoms with Crippen LogP contribution in [0, 0.1) is 0 Å². The van der Waals surface area contributed by atoms with Crippen molar-refractivity contribution in [1.29, 1.82) is 0 Å². The number of halogens is 4. The minimum atomic E-state index is -4.59. The van der Waals surface area contributed by atoms with Crippen molar-refractivity contribution in [3.8, 4) is 0 Å². The van der Waals surface area contributed by atoms with Gasteiger partial charge in [0.15, 0.2) is 5.15 Å². The van der Waals surface area contributed by atoms with Crippen LogP contribution in [0.5, 0.6) is 0 Å². The van der Waals surface area contributed by atoms with E-state index < -0.39 is 17.6 Å². The molecule has 1 aromatic heterocycles. The molecule has 9 nitrogen and oxygen atoms in total. The molecule has 3 rings (SSSR count). The van der Waals surface area contributed by atoms with E-state index in [0.717, 1.165) is 23.9 Å². The number of carbonyl (C=O) groups is 2. The monoisotopic (exact) mass is 585 g/mol. The quantitative estimate of drug-likeness (QED) is 0.132. The van der Waals surface area contributed by atoms with Crippen molar-refractivity contribution in [2.45, 2.75) is 6.18 Å². The Balaban J connectivity index is 1.81. The Morgan fingerprint density at radius 2 is 1.83 bits per heavy atom. The van der Waals surface area contributed by atoms with Gasteiger partial charge in [0.25, 0.3) is 5.91 Å². The molecular weight excluding hydrogens is 559 g/mol. The number of likely N-dealkylation sites (N-methyl/N-ethyl adjacent to an activating group) is 2. The first-order valence-electron chi connectivity index (χ1n) is 12.1. The predicted octanol–water partition coefficient (Wildman–Crippen LogP) is 5.58. The molecule has 0 radical (unpaired) electrons. The fraction of sp³-hybridized carbons (Fsp3) is 0.179. The van der Waals surface area contributed by atoms with Crippen molar-refractivity contribution in [3.63, 3.8) is 0 Å². The van der Waals surface area contributed by atoms with Crippen molar-refractivity contribution >= 4 is 53.5 Å². The maximum atomic E-state index is 13.1. The second-order valence-corrected chi connectivity index (χ2v) is 9.02. The van der Waals surface area contributed by atoms with E-state index in [2.05, 4.69) is 32.3 Å². The largest absolute Gasteiger partial charge is 0.416 e. The zero-order valence-electron chi connectivity index (χ0n) is 22.2. The number of amides is 2. The number of hydrogen-bond acceptors (Lipinski definition) is 7. The summed E-state index contributed by atoms with van der Waals surface area (Å²) in [6, 6.07) is 15.0. The fourth-order valence-corrected chi connectivity index (χ4v) is 3.93. The van der Waals surface area contributed by atoms with E-state index in [1.165, 1.54) is 29.4 Å². The number of rotatable bonds is 11. The number of aromatic nitrogens is 1. The van der Waals surface area contributed by atoms with E-state index in [1.54, 1.807) is 19.0 Å². The maximum Gasteiger partial charge on any atom is 0.416 e. The van der Waals surface area contributed by atoms with Crippen LogP contribution in [0.25, 0.3) is 0 Å². The van der Waals surface area contributed by atoms with Gasteiger partial charge in [-0.25, -0.2) is 9.98 Å². The van der Waals surface area contributed by atoms with Crippen LogP contribution in [0.15, 0.2) is 88.6 Å². The molecule has 0 saturated heterocycles. The van der Waals surface area contributed by atoms with Crippen LogP contribution < -0.4 is 15.5 Å². The zero-order chi connectivity index (χ0) is 30.0. The lowest BCUT2D eigenvalue weighted by atomic mass is 10.1. The molecule has 2 amide bonds. The molecular formula is C28H27ClF3N7O2. The molecule has 214 valence electrons. The van der Waals surface area contributed by atoms with Crippen LogP contribution in [0.3, 0.4) is 0 Å². The van der Waals surface area contributed by atoms with Crippen LogP contribution in [-0.4, -0.2) is 62.1 Å². The summed E-state index contributed by atoms with van der Waals surface area (Å²) >= 11 is 6.34. The first-order chi connectivity index (χ1) is 19.5. The molecule has 0 unspecified atom stereocenters. The SMILES string of the molecule is C=N/C=C(/CN(C)c1cc(NC(=O)c2cccc(C(F)(F)F)c2)cnc1Cl)C(=NCNc1ccccc1)N(C)C=O. The Bertz CT molecular complexity index is 1450. The van der Waals surface area contributed by atoms with Crippen LogP contribution in [0.2, 0.25) is 5.15 Å². The molecule has 13 heteroatoms. The van der Waals surface area contributed by atoms with E-state index in [9.17, 15) is 22.8 Å². The molecule has 0 aliphatic rings. The minimum absolute atomic E-state index is 0.100. The summed E-state index contributed by atoms with van der Waals surface area (Å²) in [4.78, 5) is 39.8. The number of nitrogens with one attached hydrogen (secondary N) is 2. The highest BCUT2D eigenvalue weighted by molar-refractivity contribution is 6.32. The average Bonchev–Trinajstić information content (AvgIpc) is 2.96. The van der Waals surface area contributed by atoms with Crippen molar-refractivity contribution < 1.29 is 22.8 Å². The first kappa shape index (κ1) is 30.8. The van der Waals surface area contributed by atoms with Crippen molar-refractivity contribution in [2.24, 2.45) is 9.98 Å². The third-order valence-corrected chi connectivity index (χ3v) is 5.95. The third-order valence-electron chi connectivity index (χ3n) is 5.66. The molecule has 41 heavy (non-hydrogen) atoms. The molecule has 0 fully saturated rings. The summed E-state index contributed by atoms with van der Waals surface area (Å²) in [7, 11) is 3.24. The second kappa shape index (κ2) is 14.1. The second-order valence-electron chi connectivity index (χ2n) is 8.66. The molecule has 0 atom stereocenters. The number of carbonyl (C=O) groups excluding carboxylic acids is 2. The van der Waals surface area contributed by atoms with Gasteiger partial charge in [-0.1, -0.05) is 35.9 Å².